The second-order valence-corrected chi connectivity index (χ2v) is 5.97. The molecule has 1 heterocycles. The standard InChI is InChI=1S/C14H25NO4/c16-13(17)10-19-12-4-8-15(9-5-12)11-14(18)6-2-1-3-7-14/h12,18H,1-11H2,(H,16,17). The number of carboxylic acids is 1. The van der Waals surface area contributed by atoms with Crippen molar-refractivity contribution in [1.29, 1.82) is 0 Å². The average molecular weight is 271 g/mol. The van der Waals surface area contributed by atoms with Crippen LogP contribution in [0.3, 0.4) is 0 Å². The molecule has 5 nitrogen and oxygen atoms in total. The van der Waals surface area contributed by atoms with Crippen molar-refractivity contribution in [2.24, 2.45) is 0 Å². The molecule has 1 saturated carbocycles. The van der Waals surface area contributed by atoms with Gasteiger partial charge in [0.1, 0.15) is 6.61 Å². The Kier molecular flexibility index (Phi) is 5.19. The highest BCUT2D eigenvalue weighted by Crippen LogP contribution is 2.29. The van der Waals surface area contributed by atoms with Gasteiger partial charge in [-0.15, -0.1) is 0 Å². The van der Waals surface area contributed by atoms with Crippen LogP contribution in [-0.2, 0) is 9.53 Å². The normalized spacial score (nSPS) is 25.3. The van der Waals surface area contributed by atoms with E-state index in [1.165, 1.54) is 6.42 Å². The number of carbonyl (C=O) groups is 1. The van der Waals surface area contributed by atoms with E-state index in [9.17, 15) is 9.90 Å². The summed E-state index contributed by atoms with van der Waals surface area (Å²) in [6.07, 6.45) is 7.14. The van der Waals surface area contributed by atoms with Crippen molar-refractivity contribution in [2.75, 3.05) is 26.2 Å². The fourth-order valence-corrected chi connectivity index (χ4v) is 3.21. The van der Waals surface area contributed by atoms with Crippen LogP contribution in [0.2, 0.25) is 0 Å². The first kappa shape index (κ1) is 14.8. The maximum atomic E-state index is 10.5. The van der Waals surface area contributed by atoms with E-state index in [1.807, 2.05) is 0 Å². The summed E-state index contributed by atoms with van der Waals surface area (Å²) in [5.74, 6) is -0.904. The molecule has 0 amide bonds. The Balaban J connectivity index is 1.69. The first-order valence-corrected chi connectivity index (χ1v) is 7.36. The number of piperidine rings is 1. The summed E-state index contributed by atoms with van der Waals surface area (Å²) in [7, 11) is 0. The third kappa shape index (κ3) is 4.75. The molecule has 0 spiro atoms. The lowest BCUT2D eigenvalue weighted by molar-refractivity contribution is -0.145. The molecule has 1 saturated heterocycles. The number of nitrogens with zero attached hydrogens (tertiary/aromatic N) is 1. The van der Waals surface area contributed by atoms with Crippen molar-refractivity contribution in [3.63, 3.8) is 0 Å². The third-order valence-electron chi connectivity index (χ3n) is 4.28. The molecule has 0 aromatic carbocycles. The topological polar surface area (TPSA) is 70.0 Å². The van der Waals surface area contributed by atoms with Crippen LogP contribution in [0.1, 0.15) is 44.9 Å². The van der Waals surface area contributed by atoms with E-state index in [0.717, 1.165) is 58.2 Å². The maximum Gasteiger partial charge on any atom is 0.329 e. The number of likely N-dealkylation sites (tertiary alicyclic amines) is 1. The van der Waals surface area contributed by atoms with E-state index in [2.05, 4.69) is 4.90 Å². The fourth-order valence-electron chi connectivity index (χ4n) is 3.21. The zero-order chi connectivity index (χ0) is 13.7. The lowest BCUT2D eigenvalue weighted by Gasteiger charge is -2.39. The lowest BCUT2D eigenvalue weighted by atomic mass is 9.84. The maximum absolute atomic E-state index is 10.5. The zero-order valence-electron chi connectivity index (χ0n) is 11.5. The molecule has 19 heavy (non-hydrogen) atoms. The van der Waals surface area contributed by atoms with Gasteiger partial charge in [-0.05, 0) is 25.7 Å². The van der Waals surface area contributed by atoms with Gasteiger partial charge in [0.05, 0.1) is 11.7 Å². The van der Waals surface area contributed by atoms with E-state index in [1.54, 1.807) is 0 Å². The third-order valence-corrected chi connectivity index (χ3v) is 4.28. The lowest BCUT2D eigenvalue weighted by Crippen LogP contribution is -2.48. The van der Waals surface area contributed by atoms with Gasteiger partial charge in [0.2, 0.25) is 0 Å². The Labute approximate surface area is 114 Å². The Morgan fingerprint density at radius 2 is 1.84 bits per heavy atom. The Bertz CT molecular complexity index is 294. The first-order chi connectivity index (χ1) is 9.07. The highest BCUT2D eigenvalue weighted by molar-refractivity contribution is 5.68. The van der Waals surface area contributed by atoms with Crippen LogP contribution in [0.5, 0.6) is 0 Å². The van der Waals surface area contributed by atoms with Crippen molar-refractivity contribution in [3.05, 3.63) is 0 Å². The van der Waals surface area contributed by atoms with E-state index in [-0.39, 0.29) is 12.7 Å². The molecule has 0 atom stereocenters. The molecule has 2 fully saturated rings. The Morgan fingerprint density at radius 1 is 1.21 bits per heavy atom. The molecule has 2 aliphatic rings. The summed E-state index contributed by atoms with van der Waals surface area (Å²) in [6.45, 7) is 2.35. The summed E-state index contributed by atoms with van der Waals surface area (Å²) in [5.41, 5.74) is -0.493. The molecule has 0 bridgehead atoms. The number of β-amino-alcohol motifs (C(OH)–C–C–N with tert-alkyl or cyclic N) is 1. The predicted molar refractivity (Wildman–Crippen MR) is 71.1 cm³/mol. The minimum atomic E-state index is -0.904. The summed E-state index contributed by atoms with van der Waals surface area (Å²) in [5, 5.41) is 19.1. The van der Waals surface area contributed by atoms with Crippen LogP contribution in [0.4, 0.5) is 0 Å². The zero-order valence-corrected chi connectivity index (χ0v) is 11.5. The molecule has 2 rings (SSSR count). The van der Waals surface area contributed by atoms with E-state index in [0.29, 0.717) is 0 Å². The van der Waals surface area contributed by atoms with Crippen LogP contribution >= 0.6 is 0 Å². The quantitative estimate of drug-likeness (QED) is 0.787. The number of hydrogen-bond donors (Lipinski definition) is 2. The molecular formula is C14H25NO4. The van der Waals surface area contributed by atoms with Crippen molar-refractivity contribution in [3.8, 4) is 0 Å². The molecule has 0 aromatic rings. The van der Waals surface area contributed by atoms with Gasteiger partial charge in [-0.25, -0.2) is 4.79 Å². The van der Waals surface area contributed by atoms with Crippen LogP contribution in [0, 0.1) is 0 Å². The number of hydrogen-bond acceptors (Lipinski definition) is 4. The van der Waals surface area contributed by atoms with Gasteiger partial charge in [0, 0.05) is 19.6 Å². The largest absolute Gasteiger partial charge is 0.480 e. The smallest absolute Gasteiger partial charge is 0.329 e. The summed E-state index contributed by atoms with van der Waals surface area (Å²) in [4.78, 5) is 12.7. The average Bonchev–Trinajstić information content (AvgIpc) is 2.38. The molecule has 0 aromatic heterocycles. The van der Waals surface area contributed by atoms with Gasteiger partial charge < -0.3 is 19.8 Å². The summed E-state index contributed by atoms with van der Waals surface area (Å²) in [6, 6.07) is 0. The number of ether oxygens (including phenoxy) is 1. The van der Waals surface area contributed by atoms with Gasteiger partial charge in [-0.2, -0.15) is 0 Å². The summed E-state index contributed by atoms with van der Waals surface area (Å²) >= 11 is 0. The molecule has 1 aliphatic heterocycles. The minimum absolute atomic E-state index is 0.0633. The van der Waals surface area contributed by atoms with Crippen LogP contribution in [0.25, 0.3) is 0 Å². The highest BCUT2D eigenvalue weighted by atomic mass is 16.5. The summed E-state index contributed by atoms with van der Waals surface area (Å²) < 4.78 is 5.32. The number of rotatable bonds is 5. The number of aliphatic hydroxyl groups is 1. The van der Waals surface area contributed by atoms with Gasteiger partial charge in [0.25, 0.3) is 0 Å². The second-order valence-electron chi connectivity index (χ2n) is 5.97. The Hall–Kier alpha value is -0.650. The molecule has 0 radical (unpaired) electrons. The molecule has 1 aliphatic carbocycles. The monoisotopic (exact) mass is 271 g/mol. The molecule has 2 N–H and O–H groups in total. The van der Waals surface area contributed by atoms with Gasteiger partial charge >= 0.3 is 5.97 Å². The fraction of sp³-hybridized carbons (Fsp3) is 0.929. The molecule has 110 valence electrons. The van der Waals surface area contributed by atoms with Gasteiger partial charge in [-0.3, -0.25) is 0 Å². The van der Waals surface area contributed by atoms with Gasteiger partial charge in [-0.1, -0.05) is 19.3 Å². The van der Waals surface area contributed by atoms with Gasteiger partial charge in [0.15, 0.2) is 0 Å². The van der Waals surface area contributed by atoms with Crippen LogP contribution < -0.4 is 0 Å². The van der Waals surface area contributed by atoms with Crippen molar-refractivity contribution in [1.82, 2.24) is 4.90 Å². The first-order valence-electron chi connectivity index (χ1n) is 7.36. The molecular weight excluding hydrogens is 246 g/mol. The van der Waals surface area contributed by atoms with Crippen molar-refractivity contribution >= 4 is 5.97 Å². The Morgan fingerprint density at radius 3 is 2.42 bits per heavy atom. The molecule has 5 heteroatoms. The number of aliphatic carboxylic acids is 1. The second kappa shape index (κ2) is 6.68. The SMILES string of the molecule is O=C(O)COC1CCN(CC2(O)CCCCC2)CC1. The van der Waals surface area contributed by atoms with Crippen molar-refractivity contribution in [2.45, 2.75) is 56.7 Å². The van der Waals surface area contributed by atoms with Crippen LogP contribution in [0.15, 0.2) is 0 Å². The highest BCUT2D eigenvalue weighted by Gasteiger charge is 2.32. The van der Waals surface area contributed by atoms with Crippen LogP contribution in [-0.4, -0.2) is 59.0 Å². The molecule has 0 unspecified atom stereocenters. The van der Waals surface area contributed by atoms with E-state index in [4.69, 9.17) is 9.84 Å². The van der Waals surface area contributed by atoms with E-state index < -0.39 is 11.6 Å². The number of carboxylic acid groups (broad SMARTS) is 1. The van der Waals surface area contributed by atoms with Crippen molar-refractivity contribution < 1.29 is 19.7 Å². The van der Waals surface area contributed by atoms with E-state index >= 15 is 0 Å². The minimum Gasteiger partial charge on any atom is -0.480 e. The predicted octanol–water partition coefficient (Wildman–Crippen LogP) is 1.25.